The van der Waals surface area contributed by atoms with E-state index in [4.69, 9.17) is 4.84 Å². The van der Waals surface area contributed by atoms with E-state index in [9.17, 15) is 9.59 Å². The summed E-state index contributed by atoms with van der Waals surface area (Å²) in [6.07, 6.45) is 3.31. The Hall–Kier alpha value is -2.14. The Bertz CT molecular complexity index is 672. The molecular weight excluding hydrogens is 244 g/mol. The number of hydrogen-bond donors (Lipinski definition) is 1. The van der Waals surface area contributed by atoms with Crippen LogP contribution in [0.3, 0.4) is 0 Å². The third kappa shape index (κ3) is 2.13. The first-order valence-electron chi connectivity index (χ1n) is 6.32. The molecule has 5 heteroatoms. The molecule has 1 saturated heterocycles. The van der Waals surface area contributed by atoms with Gasteiger partial charge in [-0.1, -0.05) is 12.1 Å². The molecule has 1 aromatic heterocycles. The van der Waals surface area contributed by atoms with E-state index in [0.29, 0.717) is 18.5 Å². The van der Waals surface area contributed by atoms with Crippen LogP contribution >= 0.6 is 0 Å². The van der Waals surface area contributed by atoms with Gasteiger partial charge in [0.2, 0.25) is 5.43 Å². The summed E-state index contributed by atoms with van der Waals surface area (Å²) in [6, 6.07) is 7.14. The zero-order valence-corrected chi connectivity index (χ0v) is 10.4. The molecule has 0 aliphatic carbocycles. The number of H-pyrrole nitrogens is 1. The maximum absolute atomic E-state index is 12.3. The quantitative estimate of drug-likeness (QED) is 0.846. The summed E-state index contributed by atoms with van der Waals surface area (Å²) in [5.74, 6) is -0.369. The van der Waals surface area contributed by atoms with Crippen molar-refractivity contribution < 1.29 is 9.63 Å². The lowest BCUT2D eigenvalue weighted by atomic mass is 10.1. The monoisotopic (exact) mass is 258 g/mol. The third-order valence-corrected chi connectivity index (χ3v) is 3.25. The van der Waals surface area contributed by atoms with Crippen LogP contribution in [-0.4, -0.2) is 29.1 Å². The first-order chi connectivity index (χ1) is 9.27. The molecule has 0 unspecified atom stereocenters. The fourth-order valence-electron chi connectivity index (χ4n) is 2.22. The van der Waals surface area contributed by atoms with Gasteiger partial charge in [-0.05, 0) is 25.0 Å². The molecule has 98 valence electrons. The number of amides is 1. The van der Waals surface area contributed by atoms with Gasteiger partial charge >= 0.3 is 0 Å². The summed E-state index contributed by atoms with van der Waals surface area (Å²) < 4.78 is 0. The Morgan fingerprint density at radius 3 is 2.89 bits per heavy atom. The van der Waals surface area contributed by atoms with Crippen molar-refractivity contribution in [3.63, 3.8) is 0 Å². The van der Waals surface area contributed by atoms with Gasteiger partial charge in [-0.25, -0.2) is 5.06 Å². The zero-order chi connectivity index (χ0) is 13.2. The van der Waals surface area contributed by atoms with Crippen molar-refractivity contribution in [3.05, 3.63) is 46.2 Å². The van der Waals surface area contributed by atoms with Gasteiger partial charge in [-0.15, -0.1) is 0 Å². The molecule has 0 atom stereocenters. The number of aromatic nitrogens is 1. The van der Waals surface area contributed by atoms with Crippen LogP contribution in [0.1, 0.15) is 23.2 Å². The standard InChI is InChI=1S/C14H14N2O3/c17-13-10-5-1-2-6-12(10)15-9-11(13)14(18)16-7-3-4-8-19-16/h1-2,5-6,9H,3-4,7-8H2,(H,15,17). The lowest BCUT2D eigenvalue weighted by molar-refractivity contribution is -0.144. The normalized spacial score (nSPS) is 15.7. The Kier molecular flexibility index (Phi) is 3.05. The van der Waals surface area contributed by atoms with Crippen molar-refractivity contribution in [2.45, 2.75) is 12.8 Å². The highest BCUT2D eigenvalue weighted by molar-refractivity contribution is 5.96. The molecule has 1 aromatic carbocycles. The van der Waals surface area contributed by atoms with E-state index in [2.05, 4.69) is 4.98 Å². The first kappa shape index (κ1) is 11.9. The van der Waals surface area contributed by atoms with E-state index in [0.717, 1.165) is 18.4 Å². The summed E-state index contributed by atoms with van der Waals surface area (Å²) in [5, 5.41) is 1.80. The highest BCUT2D eigenvalue weighted by Crippen LogP contribution is 2.12. The Labute approximate surface area is 109 Å². The van der Waals surface area contributed by atoms with Crippen LogP contribution < -0.4 is 5.43 Å². The molecule has 1 aliphatic rings. The minimum absolute atomic E-state index is 0.126. The molecule has 2 heterocycles. The number of nitrogens with one attached hydrogen (secondary N) is 1. The van der Waals surface area contributed by atoms with E-state index < -0.39 is 0 Å². The van der Waals surface area contributed by atoms with Crippen LogP contribution in [0.15, 0.2) is 35.3 Å². The van der Waals surface area contributed by atoms with Crippen LogP contribution in [0.2, 0.25) is 0 Å². The minimum Gasteiger partial charge on any atom is -0.360 e. The van der Waals surface area contributed by atoms with E-state index in [1.165, 1.54) is 11.3 Å². The van der Waals surface area contributed by atoms with E-state index in [-0.39, 0.29) is 16.9 Å². The summed E-state index contributed by atoms with van der Waals surface area (Å²) in [7, 11) is 0. The molecule has 0 bridgehead atoms. The number of fused-ring (bicyclic) bond motifs is 1. The first-order valence-corrected chi connectivity index (χ1v) is 6.32. The van der Waals surface area contributed by atoms with Gasteiger partial charge in [0.05, 0.1) is 6.61 Å². The van der Waals surface area contributed by atoms with Crippen LogP contribution in [0.25, 0.3) is 10.9 Å². The van der Waals surface area contributed by atoms with Gasteiger partial charge in [-0.3, -0.25) is 14.4 Å². The second kappa shape index (κ2) is 4.85. The third-order valence-electron chi connectivity index (χ3n) is 3.25. The largest absolute Gasteiger partial charge is 0.360 e. The number of carbonyl (C=O) groups is 1. The molecule has 5 nitrogen and oxygen atoms in total. The fraction of sp³-hybridized carbons (Fsp3) is 0.286. The number of rotatable bonds is 1. The summed E-state index contributed by atoms with van der Waals surface area (Å²) in [6.45, 7) is 1.06. The topological polar surface area (TPSA) is 62.4 Å². The van der Waals surface area contributed by atoms with Crippen molar-refractivity contribution >= 4 is 16.8 Å². The lowest BCUT2D eigenvalue weighted by Crippen LogP contribution is -2.38. The fourth-order valence-corrected chi connectivity index (χ4v) is 2.22. The maximum atomic E-state index is 12.3. The van der Waals surface area contributed by atoms with Gasteiger partial charge in [0.1, 0.15) is 5.56 Å². The zero-order valence-electron chi connectivity index (χ0n) is 10.4. The molecule has 1 amide bonds. The average molecular weight is 258 g/mol. The molecule has 1 fully saturated rings. The number of para-hydroxylation sites is 1. The van der Waals surface area contributed by atoms with Gasteiger partial charge < -0.3 is 4.98 Å². The molecule has 0 spiro atoms. The van der Waals surface area contributed by atoms with Gasteiger partial charge in [-0.2, -0.15) is 0 Å². The Morgan fingerprint density at radius 1 is 1.26 bits per heavy atom. The molecule has 0 radical (unpaired) electrons. The van der Waals surface area contributed by atoms with Crippen LogP contribution in [-0.2, 0) is 4.84 Å². The van der Waals surface area contributed by atoms with Crippen LogP contribution in [0.5, 0.6) is 0 Å². The average Bonchev–Trinajstić information content (AvgIpc) is 2.48. The summed E-state index contributed by atoms with van der Waals surface area (Å²) in [4.78, 5) is 32.8. The summed E-state index contributed by atoms with van der Waals surface area (Å²) >= 11 is 0. The Morgan fingerprint density at radius 2 is 2.11 bits per heavy atom. The number of aromatic amines is 1. The predicted octanol–water partition coefficient (Wildman–Crippen LogP) is 1.70. The second-order valence-corrected chi connectivity index (χ2v) is 4.52. The molecule has 0 saturated carbocycles. The maximum Gasteiger partial charge on any atom is 0.282 e. The number of pyridine rings is 1. The molecule has 3 rings (SSSR count). The highest BCUT2D eigenvalue weighted by atomic mass is 16.7. The number of hydroxylamine groups is 2. The molecule has 19 heavy (non-hydrogen) atoms. The smallest absolute Gasteiger partial charge is 0.282 e. The number of nitrogens with zero attached hydrogens (tertiary/aromatic N) is 1. The molecule has 1 aliphatic heterocycles. The van der Waals surface area contributed by atoms with Gasteiger partial charge in [0, 0.05) is 23.6 Å². The van der Waals surface area contributed by atoms with Gasteiger partial charge in [0.15, 0.2) is 0 Å². The SMILES string of the molecule is O=C(c1c[nH]c2ccccc2c1=O)N1CCCCO1. The minimum atomic E-state index is -0.369. The van der Waals surface area contributed by atoms with Crippen molar-refractivity contribution in [1.29, 1.82) is 0 Å². The van der Waals surface area contributed by atoms with Gasteiger partial charge in [0.25, 0.3) is 5.91 Å². The molecule has 2 aromatic rings. The number of benzene rings is 1. The van der Waals surface area contributed by atoms with E-state index >= 15 is 0 Å². The molecule has 1 N–H and O–H groups in total. The van der Waals surface area contributed by atoms with Crippen LogP contribution in [0, 0.1) is 0 Å². The second-order valence-electron chi connectivity index (χ2n) is 4.52. The Balaban J connectivity index is 2.03. The summed E-state index contributed by atoms with van der Waals surface area (Å²) in [5.41, 5.74) is 0.595. The lowest BCUT2D eigenvalue weighted by Gasteiger charge is -2.25. The molecular formula is C14H14N2O3. The van der Waals surface area contributed by atoms with Crippen molar-refractivity contribution in [2.24, 2.45) is 0 Å². The predicted molar refractivity (Wildman–Crippen MR) is 70.8 cm³/mol. The van der Waals surface area contributed by atoms with Crippen molar-refractivity contribution in [2.75, 3.05) is 13.2 Å². The number of hydrogen-bond acceptors (Lipinski definition) is 3. The van der Waals surface area contributed by atoms with E-state index in [1.54, 1.807) is 12.1 Å². The van der Waals surface area contributed by atoms with Crippen LogP contribution in [0.4, 0.5) is 0 Å². The number of carbonyl (C=O) groups excluding carboxylic acids is 1. The van der Waals surface area contributed by atoms with E-state index in [1.807, 2.05) is 12.1 Å². The van der Waals surface area contributed by atoms with Crippen molar-refractivity contribution in [1.82, 2.24) is 10.0 Å². The van der Waals surface area contributed by atoms with Crippen molar-refractivity contribution in [3.8, 4) is 0 Å². The highest BCUT2D eigenvalue weighted by Gasteiger charge is 2.22.